The Bertz CT molecular complexity index is 1160. The Labute approximate surface area is 249 Å². The molecule has 1 rings (SSSR count). The minimum atomic E-state index is -4.11. The average molecular weight is 613 g/mol. The van der Waals surface area contributed by atoms with E-state index in [0.717, 1.165) is 50.7 Å². The summed E-state index contributed by atoms with van der Waals surface area (Å²) in [6.45, 7) is 4.36. The SMILES string of the molecule is CCCCCCCCCCCCS(=O)(=O)c1cc(S(=O)(=O)CCCCCCCCCCCC)c([N+](=O)[O-])cc1C#N. The lowest BCUT2D eigenvalue weighted by molar-refractivity contribution is -0.387. The van der Waals surface area contributed by atoms with Gasteiger partial charge in [0.15, 0.2) is 19.7 Å². The molecule has 0 aromatic heterocycles. The molecule has 0 aliphatic carbocycles. The summed E-state index contributed by atoms with van der Waals surface area (Å²) >= 11 is 0. The molecule has 0 radical (unpaired) electrons. The van der Waals surface area contributed by atoms with Crippen LogP contribution in [-0.4, -0.2) is 33.3 Å². The zero-order chi connectivity index (χ0) is 30.6. The third-order valence-corrected chi connectivity index (χ3v) is 11.2. The third kappa shape index (κ3) is 14.6. The summed E-state index contributed by atoms with van der Waals surface area (Å²) in [6.07, 6.45) is 20.4. The predicted molar refractivity (Wildman–Crippen MR) is 166 cm³/mol. The summed E-state index contributed by atoms with van der Waals surface area (Å²) in [5.41, 5.74) is -1.13. The smallest absolute Gasteiger partial charge is 0.258 e. The Balaban J connectivity index is 2.77. The van der Waals surface area contributed by atoms with E-state index in [2.05, 4.69) is 13.8 Å². The highest BCUT2D eigenvalue weighted by Gasteiger charge is 2.31. The van der Waals surface area contributed by atoms with Crippen LogP contribution >= 0.6 is 0 Å². The number of nitro benzene ring substituents is 1. The van der Waals surface area contributed by atoms with Gasteiger partial charge in [-0.3, -0.25) is 10.1 Å². The maximum atomic E-state index is 13.1. The summed E-state index contributed by atoms with van der Waals surface area (Å²) in [5, 5.41) is 21.2. The number of nitro groups is 1. The molecule has 1 aromatic carbocycles. The Hall–Kier alpha value is -1.99. The molecule has 0 bridgehead atoms. The van der Waals surface area contributed by atoms with Crippen LogP contribution in [0.15, 0.2) is 21.9 Å². The summed E-state index contributed by atoms with van der Waals surface area (Å²) in [7, 11) is -8.10. The van der Waals surface area contributed by atoms with Crippen molar-refractivity contribution in [3.63, 3.8) is 0 Å². The van der Waals surface area contributed by atoms with Crippen molar-refractivity contribution in [2.75, 3.05) is 11.5 Å². The molecule has 0 spiro atoms. The second-order valence-electron chi connectivity index (χ2n) is 11.2. The van der Waals surface area contributed by atoms with Crippen molar-refractivity contribution < 1.29 is 21.8 Å². The Morgan fingerprint density at radius 1 is 0.610 bits per heavy atom. The second-order valence-corrected chi connectivity index (χ2v) is 15.3. The predicted octanol–water partition coefficient (Wildman–Crippen LogP) is 8.86. The van der Waals surface area contributed by atoms with E-state index in [4.69, 9.17) is 0 Å². The van der Waals surface area contributed by atoms with Gasteiger partial charge in [0.25, 0.3) is 5.69 Å². The third-order valence-electron chi connectivity index (χ3n) is 7.58. The lowest BCUT2D eigenvalue weighted by Gasteiger charge is -2.11. The van der Waals surface area contributed by atoms with Crippen molar-refractivity contribution in [1.29, 1.82) is 5.26 Å². The van der Waals surface area contributed by atoms with E-state index in [1.807, 2.05) is 0 Å². The molecule has 10 heteroatoms. The van der Waals surface area contributed by atoms with Crippen molar-refractivity contribution in [3.05, 3.63) is 27.8 Å². The fourth-order valence-corrected chi connectivity index (χ4v) is 8.23. The topological polar surface area (TPSA) is 135 Å². The van der Waals surface area contributed by atoms with Crippen LogP contribution in [0.2, 0.25) is 0 Å². The standard InChI is InChI=1S/C31H52N2O6S2/c1-3-5-7-9-11-13-15-17-19-21-23-40(36,37)30-26-31(29(33(34)35)25-28(30)27-32)41(38,39)24-22-20-18-16-14-12-10-8-6-4-2/h25-26H,3-24H2,1-2H3. The molecule has 0 saturated heterocycles. The molecule has 0 saturated carbocycles. The van der Waals surface area contributed by atoms with Crippen LogP contribution < -0.4 is 0 Å². The first kappa shape index (κ1) is 37.0. The monoisotopic (exact) mass is 612 g/mol. The number of hydrogen-bond acceptors (Lipinski definition) is 7. The largest absolute Gasteiger partial charge is 0.289 e. The van der Waals surface area contributed by atoms with Gasteiger partial charge >= 0.3 is 0 Å². The van der Waals surface area contributed by atoms with E-state index in [1.54, 1.807) is 6.07 Å². The summed E-state index contributed by atoms with van der Waals surface area (Å²) in [6, 6.07) is 3.38. The van der Waals surface area contributed by atoms with E-state index < -0.39 is 40.1 Å². The molecule has 0 N–H and O–H groups in total. The van der Waals surface area contributed by atoms with E-state index in [1.165, 1.54) is 64.2 Å². The van der Waals surface area contributed by atoms with Crippen LogP contribution in [-0.2, 0) is 19.7 Å². The molecule has 0 aliphatic rings. The molecule has 8 nitrogen and oxygen atoms in total. The number of benzene rings is 1. The number of sulfone groups is 2. The van der Waals surface area contributed by atoms with Crippen LogP contribution in [0.4, 0.5) is 5.69 Å². The maximum Gasteiger partial charge on any atom is 0.289 e. The van der Waals surface area contributed by atoms with Gasteiger partial charge in [-0.05, 0) is 18.9 Å². The number of unbranched alkanes of at least 4 members (excludes halogenated alkanes) is 18. The van der Waals surface area contributed by atoms with Gasteiger partial charge in [-0.1, -0.05) is 129 Å². The molecule has 0 atom stereocenters. The van der Waals surface area contributed by atoms with Gasteiger partial charge in [0.1, 0.15) is 11.0 Å². The number of rotatable bonds is 25. The number of nitriles is 1. The molecule has 0 fully saturated rings. The average Bonchev–Trinajstić information content (AvgIpc) is 2.94. The number of hydrogen-bond donors (Lipinski definition) is 0. The summed E-state index contributed by atoms with van der Waals surface area (Å²) < 4.78 is 52.5. The van der Waals surface area contributed by atoms with Gasteiger partial charge < -0.3 is 0 Å². The molecule has 0 aliphatic heterocycles. The summed E-state index contributed by atoms with van der Waals surface area (Å²) in [5.74, 6) is -0.526. The first-order valence-corrected chi connectivity index (χ1v) is 19.1. The van der Waals surface area contributed by atoms with Crippen LogP contribution in [0.3, 0.4) is 0 Å². The van der Waals surface area contributed by atoms with Crippen molar-refractivity contribution in [1.82, 2.24) is 0 Å². The van der Waals surface area contributed by atoms with Crippen molar-refractivity contribution in [2.24, 2.45) is 0 Å². The highest BCUT2D eigenvalue weighted by molar-refractivity contribution is 7.92. The Kier molecular flexibility index (Phi) is 18.8. The molecular formula is C31H52N2O6S2. The fraction of sp³-hybridized carbons (Fsp3) is 0.774. The minimum Gasteiger partial charge on any atom is -0.258 e. The molecule has 234 valence electrons. The first-order valence-electron chi connectivity index (χ1n) is 15.8. The van der Waals surface area contributed by atoms with Gasteiger partial charge in [-0.15, -0.1) is 0 Å². The quantitative estimate of drug-likeness (QED) is 0.0611. The summed E-state index contributed by atoms with van der Waals surface area (Å²) in [4.78, 5) is 9.80. The van der Waals surface area contributed by atoms with Crippen molar-refractivity contribution >= 4 is 25.4 Å². The minimum absolute atomic E-state index is 0.228. The zero-order valence-corrected chi connectivity index (χ0v) is 27.0. The molecule has 1 aromatic rings. The van der Waals surface area contributed by atoms with Gasteiger partial charge in [-0.2, -0.15) is 5.26 Å². The van der Waals surface area contributed by atoms with Gasteiger partial charge in [-0.25, -0.2) is 16.8 Å². The number of nitrogens with zero attached hydrogens (tertiary/aromatic N) is 2. The zero-order valence-electron chi connectivity index (χ0n) is 25.4. The maximum absolute atomic E-state index is 13.1. The second kappa shape index (κ2) is 20.8. The highest BCUT2D eigenvalue weighted by atomic mass is 32.2. The van der Waals surface area contributed by atoms with Crippen molar-refractivity contribution in [2.45, 2.75) is 152 Å². The normalized spacial score (nSPS) is 11.9. The van der Waals surface area contributed by atoms with E-state index >= 15 is 0 Å². The van der Waals surface area contributed by atoms with Crippen LogP contribution in [0, 0.1) is 21.4 Å². The van der Waals surface area contributed by atoms with Gasteiger partial charge in [0.05, 0.1) is 26.9 Å². The first-order chi connectivity index (χ1) is 19.6. The van der Waals surface area contributed by atoms with Gasteiger partial charge in [0, 0.05) is 6.07 Å². The highest BCUT2D eigenvalue weighted by Crippen LogP contribution is 2.32. The molecule has 0 amide bonds. The fourth-order valence-electron chi connectivity index (χ4n) is 5.07. The molecule has 0 heterocycles. The van der Waals surface area contributed by atoms with E-state index in [-0.39, 0.29) is 17.1 Å². The lowest BCUT2D eigenvalue weighted by Crippen LogP contribution is -2.14. The Morgan fingerprint density at radius 3 is 1.29 bits per heavy atom. The Morgan fingerprint density at radius 2 is 0.951 bits per heavy atom. The molecule has 0 unspecified atom stereocenters. The van der Waals surface area contributed by atoms with Crippen molar-refractivity contribution in [3.8, 4) is 6.07 Å². The van der Waals surface area contributed by atoms with E-state index in [0.29, 0.717) is 25.7 Å². The lowest BCUT2D eigenvalue weighted by atomic mass is 10.1. The molecular weight excluding hydrogens is 560 g/mol. The van der Waals surface area contributed by atoms with Crippen LogP contribution in [0.5, 0.6) is 0 Å². The van der Waals surface area contributed by atoms with Crippen LogP contribution in [0.1, 0.15) is 148 Å². The van der Waals surface area contributed by atoms with E-state index in [9.17, 15) is 32.2 Å². The molecule has 41 heavy (non-hydrogen) atoms. The van der Waals surface area contributed by atoms with Gasteiger partial charge in [0.2, 0.25) is 0 Å². The van der Waals surface area contributed by atoms with Crippen LogP contribution in [0.25, 0.3) is 0 Å².